The Bertz CT molecular complexity index is 1310. The second-order valence-electron chi connectivity index (χ2n) is 8.16. The largest absolute Gasteiger partial charge is 0.493 e. The van der Waals surface area contributed by atoms with Crippen molar-refractivity contribution in [2.75, 3.05) is 20.3 Å². The number of amides is 4. The SMILES string of the molecule is COc1cc(/C=C2\C(=O)NC(=O)N(Cc3ccco3)C2=O)ccc1OCCOc1cc(C)ccc1C. The molecule has 0 spiro atoms. The van der Waals surface area contributed by atoms with Crippen LogP contribution in [0.25, 0.3) is 6.08 Å². The number of nitrogens with zero attached hydrogens (tertiary/aromatic N) is 1. The maximum atomic E-state index is 12.9. The molecule has 4 rings (SSSR count). The minimum Gasteiger partial charge on any atom is -0.493 e. The molecule has 1 N–H and O–H groups in total. The number of imide groups is 2. The summed E-state index contributed by atoms with van der Waals surface area (Å²) in [6, 6.07) is 13.5. The van der Waals surface area contributed by atoms with Crippen LogP contribution in [0.1, 0.15) is 22.5 Å². The van der Waals surface area contributed by atoms with E-state index in [1.165, 1.54) is 19.4 Å². The first-order valence-corrected chi connectivity index (χ1v) is 11.3. The van der Waals surface area contributed by atoms with E-state index in [4.69, 9.17) is 18.6 Å². The van der Waals surface area contributed by atoms with Gasteiger partial charge in [0.25, 0.3) is 11.8 Å². The molecule has 0 saturated carbocycles. The van der Waals surface area contributed by atoms with E-state index in [1.807, 2.05) is 32.0 Å². The van der Waals surface area contributed by atoms with Crippen molar-refractivity contribution >= 4 is 23.9 Å². The van der Waals surface area contributed by atoms with Gasteiger partial charge in [0.2, 0.25) is 0 Å². The predicted octanol–water partition coefficient (Wildman–Crippen LogP) is 4.02. The molecule has 1 aliphatic heterocycles. The molecule has 9 nitrogen and oxygen atoms in total. The lowest BCUT2D eigenvalue weighted by Crippen LogP contribution is -2.53. The normalized spacial score (nSPS) is 14.7. The summed E-state index contributed by atoms with van der Waals surface area (Å²) in [5.41, 5.74) is 2.50. The van der Waals surface area contributed by atoms with Crippen molar-refractivity contribution in [2.45, 2.75) is 20.4 Å². The molecule has 1 fully saturated rings. The van der Waals surface area contributed by atoms with Crippen LogP contribution in [-0.2, 0) is 16.1 Å². The van der Waals surface area contributed by atoms with Crippen molar-refractivity contribution < 1.29 is 33.0 Å². The molecule has 36 heavy (non-hydrogen) atoms. The van der Waals surface area contributed by atoms with Crippen molar-refractivity contribution in [3.63, 3.8) is 0 Å². The molecular weight excluding hydrogens is 464 g/mol. The number of aryl methyl sites for hydroxylation is 2. The number of methoxy groups -OCH3 is 1. The number of nitrogens with one attached hydrogen (secondary N) is 1. The van der Waals surface area contributed by atoms with E-state index in [0.717, 1.165) is 21.8 Å². The molecule has 0 bridgehead atoms. The van der Waals surface area contributed by atoms with Crippen molar-refractivity contribution in [2.24, 2.45) is 0 Å². The second kappa shape index (κ2) is 10.8. The first-order valence-electron chi connectivity index (χ1n) is 11.3. The van der Waals surface area contributed by atoms with E-state index < -0.39 is 17.8 Å². The molecule has 2 aromatic carbocycles. The number of hydrogen-bond acceptors (Lipinski definition) is 7. The number of hydrogen-bond donors (Lipinski definition) is 1. The van der Waals surface area contributed by atoms with Crippen LogP contribution in [0.2, 0.25) is 0 Å². The molecular formula is C27H26N2O7. The van der Waals surface area contributed by atoms with E-state index in [1.54, 1.807) is 30.3 Å². The Morgan fingerprint density at radius 2 is 1.72 bits per heavy atom. The van der Waals surface area contributed by atoms with Crippen LogP contribution in [-0.4, -0.2) is 43.1 Å². The van der Waals surface area contributed by atoms with Crippen molar-refractivity contribution in [3.05, 3.63) is 82.8 Å². The highest BCUT2D eigenvalue weighted by Gasteiger charge is 2.36. The second-order valence-corrected chi connectivity index (χ2v) is 8.16. The summed E-state index contributed by atoms with van der Waals surface area (Å²) in [6.07, 6.45) is 2.84. The van der Waals surface area contributed by atoms with Gasteiger partial charge in [-0.05, 0) is 66.9 Å². The zero-order chi connectivity index (χ0) is 25.7. The number of carbonyl (C=O) groups is 3. The summed E-state index contributed by atoms with van der Waals surface area (Å²) in [7, 11) is 1.49. The predicted molar refractivity (Wildman–Crippen MR) is 131 cm³/mol. The third kappa shape index (κ3) is 5.57. The summed E-state index contributed by atoms with van der Waals surface area (Å²) in [4.78, 5) is 38.4. The Balaban J connectivity index is 1.44. The summed E-state index contributed by atoms with van der Waals surface area (Å²) < 4.78 is 22.3. The van der Waals surface area contributed by atoms with Crippen LogP contribution in [0.5, 0.6) is 17.2 Å². The molecule has 2 heterocycles. The van der Waals surface area contributed by atoms with Crippen LogP contribution in [0.15, 0.2) is 64.8 Å². The zero-order valence-corrected chi connectivity index (χ0v) is 20.2. The van der Waals surface area contributed by atoms with Gasteiger partial charge in [-0.2, -0.15) is 0 Å². The van der Waals surface area contributed by atoms with Gasteiger partial charge in [0.05, 0.1) is 19.9 Å². The number of carbonyl (C=O) groups excluding carboxylic acids is 3. The van der Waals surface area contributed by atoms with Gasteiger partial charge in [-0.15, -0.1) is 0 Å². The van der Waals surface area contributed by atoms with Crippen LogP contribution >= 0.6 is 0 Å². The summed E-state index contributed by atoms with van der Waals surface area (Å²) in [6.45, 7) is 4.52. The number of rotatable bonds is 9. The molecule has 0 aliphatic carbocycles. The lowest BCUT2D eigenvalue weighted by atomic mass is 10.1. The molecule has 0 unspecified atom stereocenters. The van der Waals surface area contributed by atoms with E-state index in [-0.39, 0.29) is 18.7 Å². The maximum Gasteiger partial charge on any atom is 0.331 e. The highest BCUT2D eigenvalue weighted by molar-refractivity contribution is 6.30. The van der Waals surface area contributed by atoms with E-state index >= 15 is 0 Å². The Hall–Kier alpha value is -4.53. The smallest absolute Gasteiger partial charge is 0.331 e. The van der Waals surface area contributed by atoms with Gasteiger partial charge in [-0.1, -0.05) is 18.2 Å². The van der Waals surface area contributed by atoms with Gasteiger partial charge < -0.3 is 18.6 Å². The average molecular weight is 491 g/mol. The Morgan fingerprint density at radius 1 is 0.944 bits per heavy atom. The number of furan rings is 1. The van der Waals surface area contributed by atoms with Gasteiger partial charge in [-0.25, -0.2) is 4.79 Å². The van der Waals surface area contributed by atoms with Crippen molar-refractivity contribution in [1.29, 1.82) is 0 Å². The van der Waals surface area contributed by atoms with Gasteiger partial charge >= 0.3 is 6.03 Å². The first-order chi connectivity index (χ1) is 17.4. The average Bonchev–Trinajstić information content (AvgIpc) is 3.38. The van der Waals surface area contributed by atoms with Gasteiger partial charge in [-0.3, -0.25) is 19.8 Å². The zero-order valence-electron chi connectivity index (χ0n) is 20.2. The van der Waals surface area contributed by atoms with Gasteiger partial charge in [0, 0.05) is 0 Å². The summed E-state index contributed by atoms with van der Waals surface area (Å²) in [5.74, 6) is 0.632. The minimum atomic E-state index is -0.803. The number of urea groups is 1. The van der Waals surface area contributed by atoms with Crippen LogP contribution < -0.4 is 19.5 Å². The fraction of sp³-hybridized carbons (Fsp3) is 0.222. The Kier molecular flexibility index (Phi) is 7.39. The summed E-state index contributed by atoms with van der Waals surface area (Å²) >= 11 is 0. The fourth-order valence-corrected chi connectivity index (χ4v) is 3.62. The van der Waals surface area contributed by atoms with Crippen molar-refractivity contribution in [1.82, 2.24) is 10.2 Å². The van der Waals surface area contributed by atoms with E-state index in [0.29, 0.717) is 29.4 Å². The molecule has 1 saturated heterocycles. The molecule has 4 amide bonds. The highest BCUT2D eigenvalue weighted by atomic mass is 16.5. The molecule has 9 heteroatoms. The minimum absolute atomic E-state index is 0.0947. The quantitative estimate of drug-likeness (QED) is 0.274. The monoisotopic (exact) mass is 490 g/mol. The third-order valence-corrected chi connectivity index (χ3v) is 5.52. The first kappa shape index (κ1) is 24.6. The lowest BCUT2D eigenvalue weighted by molar-refractivity contribution is -0.130. The van der Waals surface area contributed by atoms with Crippen molar-refractivity contribution in [3.8, 4) is 17.2 Å². The van der Waals surface area contributed by atoms with Crippen LogP contribution in [0.4, 0.5) is 4.79 Å². The van der Waals surface area contributed by atoms with E-state index in [2.05, 4.69) is 5.32 Å². The third-order valence-electron chi connectivity index (χ3n) is 5.52. The fourth-order valence-electron chi connectivity index (χ4n) is 3.62. The molecule has 0 atom stereocenters. The number of barbiturate groups is 1. The topological polar surface area (TPSA) is 107 Å². The van der Waals surface area contributed by atoms with Gasteiger partial charge in [0.1, 0.15) is 30.3 Å². The standard InChI is InChI=1S/C27H26N2O7/c1-17-6-7-18(2)23(13-17)36-12-11-35-22-9-8-19(15-24(22)33-3)14-21-25(30)28-27(32)29(26(21)31)16-20-5-4-10-34-20/h4-10,13-15H,11-12,16H2,1-3H3,(H,28,30,32)/b21-14+. The Morgan fingerprint density at radius 3 is 2.44 bits per heavy atom. The maximum absolute atomic E-state index is 12.9. The summed E-state index contributed by atoms with van der Waals surface area (Å²) in [5, 5.41) is 2.19. The van der Waals surface area contributed by atoms with Crippen LogP contribution in [0, 0.1) is 13.8 Å². The highest BCUT2D eigenvalue weighted by Crippen LogP contribution is 2.29. The van der Waals surface area contributed by atoms with E-state index in [9.17, 15) is 14.4 Å². The molecule has 1 aliphatic rings. The molecule has 0 radical (unpaired) electrons. The molecule has 186 valence electrons. The number of ether oxygens (including phenoxy) is 3. The Labute approximate surface area is 208 Å². The van der Waals surface area contributed by atoms with Gasteiger partial charge in [0.15, 0.2) is 11.5 Å². The molecule has 3 aromatic rings. The molecule has 1 aromatic heterocycles. The van der Waals surface area contributed by atoms with Crippen LogP contribution in [0.3, 0.4) is 0 Å². The lowest BCUT2D eigenvalue weighted by Gasteiger charge is -2.25. The number of benzene rings is 2.